The lowest BCUT2D eigenvalue weighted by Crippen LogP contribution is -2.38. The number of aromatic nitrogens is 5. The lowest BCUT2D eigenvalue weighted by molar-refractivity contribution is 0.121. The predicted molar refractivity (Wildman–Crippen MR) is 126 cm³/mol. The fraction of sp³-hybridized carbons (Fsp3) is 0.273. The second-order valence-electron chi connectivity index (χ2n) is 7.42. The molecule has 1 N–H and O–H groups in total. The van der Waals surface area contributed by atoms with Crippen LogP contribution in [0.4, 0.5) is 5.95 Å². The first-order chi connectivity index (χ1) is 15.7. The Labute approximate surface area is 193 Å². The van der Waals surface area contributed by atoms with Crippen molar-refractivity contribution in [2.75, 3.05) is 31.2 Å². The summed E-state index contributed by atoms with van der Waals surface area (Å²) in [7, 11) is 0. The zero-order valence-electron chi connectivity index (χ0n) is 17.2. The third-order valence-corrected chi connectivity index (χ3v) is 6.44. The summed E-state index contributed by atoms with van der Waals surface area (Å²) in [6.45, 7) is 3.56. The Kier molecular flexibility index (Phi) is 6.11. The summed E-state index contributed by atoms with van der Waals surface area (Å²) >= 11 is 7.50. The number of thioether (sulfide) groups is 1. The first kappa shape index (κ1) is 21.0. The number of benzene rings is 2. The van der Waals surface area contributed by atoms with Gasteiger partial charge in [-0.2, -0.15) is 0 Å². The zero-order chi connectivity index (χ0) is 21.9. The number of rotatable bonds is 6. The number of H-pyrrole nitrogens is 1. The number of nitrogens with one attached hydrogen (secondary N) is 1. The summed E-state index contributed by atoms with van der Waals surface area (Å²) in [5.41, 5.74) is 1.58. The van der Waals surface area contributed by atoms with Gasteiger partial charge in [0, 0.05) is 18.1 Å². The summed E-state index contributed by atoms with van der Waals surface area (Å²) in [6.07, 6.45) is 0. The van der Waals surface area contributed by atoms with Gasteiger partial charge < -0.3 is 14.6 Å². The maximum absolute atomic E-state index is 12.5. The molecule has 8 nitrogen and oxygen atoms in total. The summed E-state index contributed by atoms with van der Waals surface area (Å²) in [5.74, 6) is 1.87. The van der Waals surface area contributed by atoms with Crippen LogP contribution in [0.1, 0.15) is 11.4 Å². The molecule has 1 fully saturated rings. The highest BCUT2D eigenvalue weighted by Crippen LogP contribution is 2.26. The van der Waals surface area contributed by atoms with Crippen LogP contribution >= 0.6 is 23.4 Å². The van der Waals surface area contributed by atoms with E-state index in [-0.39, 0.29) is 5.56 Å². The molecule has 1 saturated heterocycles. The Morgan fingerprint density at radius 1 is 1.09 bits per heavy atom. The van der Waals surface area contributed by atoms with Crippen LogP contribution in [-0.2, 0) is 17.0 Å². The van der Waals surface area contributed by atoms with Crippen LogP contribution in [0.5, 0.6) is 0 Å². The monoisotopic (exact) mass is 468 g/mol. The van der Waals surface area contributed by atoms with Gasteiger partial charge in [0.2, 0.25) is 5.95 Å². The standard InChI is InChI=1S/C22H21ClN6O2S/c23-16-6-7-18-17(12-16)20(30)25-19(24-18)14-32-22-27-26-21(28-8-10-31-11-9-28)29(22)13-15-4-2-1-3-5-15/h1-7,12H,8-11,13-14H2,(H,24,25,30). The summed E-state index contributed by atoms with van der Waals surface area (Å²) in [4.78, 5) is 22.1. The molecule has 0 saturated carbocycles. The van der Waals surface area contributed by atoms with E-state index in [1.54, 1.807) is 18.2 Å². The van der Waals surface area contributed by atoms with E-state index < -0.39 is 0 Å². The highest BCUT2D eigenvalue weighted by molar-refractivity contribution is 7.98. The Balaban J connectivity index is 1.43. The Bertz CT molecular complexity index is 1290. The summed E-state index contributed by atoms with van der Waals surface area (Å²) in [6, 6.07) is 15.4. The molecule has 32 heavy (non-hydrogen) atoms. The Morgan fingerprint density at radius 2 is 1.91 bits per heavy atom. The van der Waals surface area contributed by atoms with E-state index in [0.717, 1.165) is 29.8 Å². The van der Waals surface area contributed by atoms with Gasteiger partial charge in [-0.1, -0.05) is 53.7 Å². The molecular formula is C22H21ClN6O2S. The molecule has 4 aromatic rings. The molecule has 2 aromatic carbocycles. The van der Waals surface area contributed by atoms with E-state index in [9.17, 15) is 4.79 Å². The Morgan fingerprint density at radius 3 is 2.72 bits per heavy atom. The number of anilines is 1. The molecule has 0 spiro atoms. The normalized spacial score (nSPS) is 14.2. The molecule has 1 aliphatic rings. The van der Waals surface area contributed by atoms with Gasteiger partial charge >= 0.3 is 0 Å². The lowest BCUT2D eigenvalue weighted by atomic mass is 10.2. The van der Waals surface area contributed by atoms with Gasteiger partial charge in [0.05, 0.1) is 36.4 Å². The summed E-state index contributed by atoms with van der Waals surface area (Å²) < 4.78 is 7.61. The van der Waals surface area contributed by atoms with E-state index in [0.29, 0.717) is 47.3 Å². The minimum Gasteiger partial charge on any atom is -0.378 e. The molecule has 2 aromatic heterocycles. The van der Waals surface area contributed by atoms with Crippen LogP contribution in [0, 0.1) is 0 Å². The topological polar surface area (TPSA) is 88.9 Å². The second kappa shape index (κ2) is 9.32. The average Bonchev–Trinajstić information content (AvgIpc) is 3.22. The Hall–Kier alpha value is -2.88. The number of fused-ring (bicyclic) bond motifs is 1. The van der Waals surface area contributed by atoms with Crippen molar-refractivity contribution < 1.29 is 4.74 Å². The number of morpholine rings is 1. The lowest BCUT2D eigenvalue weighted by Gasteiger charge is -2.28. The number of ether oxygens (including phenoxy) is 1. The van der Waals surface area contributed by atoms with Crippen molar-refractivity contribution in [3.05, 3.63) is 75.3 Å². The van der Waals surface area contributed by atoms with Crippen molar-refractivity contribution in [2.45, 2.75) is 17.5 Å². The zero-order valence-corrected chi connectivity index (χ0v) is 18.8. The van der Waals surface area contributed by atoms with Crippen LogP contribution in [0.15, 0.2) is 58.5 Å². The fourth-order valence-corrected chi connectivity index (χ4v) is 4.63. The molecule has 0 atom stereocenters. The van der Waals surface area contributed by atoms with E-state index >= 15 is 0 Å². The smallest absolute Gasteiger partial charge is 0.258 e. The summed E-state index contributed by atoms with van der Waals surface area (Å²) in [5, 5.41) is 10.7. The number of aromatic amines is 1. The number of halogens is 1. The SMILES string of the molecule is O=c1[nH]c(CSc2nnc(N3CCOCC3)n2Cc2ccccc2)nc2ccc(Cl)cc12. The molecule has 0 bridgehead atoms. The van der Waals surface area contributed by atoms with Gasteiger partial charge in [-0.15, -0.1) is 10.2 Å². The van der Waals surface area contributed by atoms with Gasteiger partial charge in [-0.25, -0.2) is 4.98 Å². The van der Waals surface area contributed by atoms with Crippen molar-refractivity contribution in [1.82, 2.24) is 24.7 Å². The minimum atomic E-state index is -0.201. The molecule has 3 heterocycles. The third-order valence-electron chi connectivity index (χ3n) is 5.23. The highest BCUT2D eigenvalue weighted by Gasteiger charge is 2.21. The van der Waals surface area contributed by atoms with Crippen molar-refractivity contribution >= 4 is 40.2 Å². The van der Waals surface area contributed by atoms with Crippen molar-refractivity contribution in [3.63, 3.8) is 0 Å². The molecule has 10 heteroatoms. The number of hydrogen-bond donors (Lipinski definition) is 1. The molecule has 5 rings (SSSR count). The fourth-order valence-electron chi connectivity index (χ4n) is 3.65. The molecule has 164 valence electrons. The first-order valence-electron chi connectivity index (χ1n) is 10.3. The predicted octanol–water partition coefficient (Wildman–Crippen LogP) is 3.35. The van der Waals surface area contributed by atoms with E-state index in [2.05, 4.69) is 41.8 Å². The van der Waals surface area contributed by atoms with E-state index in [1.165, 1.54) is 11.8 Å². The van der Waals surface area contributed by atoms with Gasteiger partial charge in [0.25, 0.3) is 5.56 Å². The van der Waals surface area contributed by atoms with Crippen molar-refractivity contribution in [2.24, 2.45) is 0 Å². The molecule has 0 amide bonds. The van der Waals surface area contributed by atoms with E-state index in [4.69, 9.17) is 16.3 Å². The third kappa shape index (κ3) is 4.50. The van der Waals surface area contributed by atoms with Crippen LogP contribution in [-0.4, -0.2) is 51.0 Å². The number of hydrogen-bond acceptors (Lipinski definition) is 7. The minimum absolute atomic E-state index is 0.201. The molecule has 0 aliphatic carbocycles. The van der Waals surface area contributed by atoms with E-state index in [1.807, 2.05) is 18.2 Å². The van der Waals surface area contributed by atoms with Gasteiger partial charge in [0.15, 0.2) is 5.16 Å². The number of nitrogens with zero attached hydrogens (tertiary/aromatic N) is 5. The van der Waals surface area contributed by atoms with Crippen molar-refractivity contribution in [1.29, 1.82) is 0 Å². The first-order valence-corrected chi connectivity index (χ1v) is 11.6. The largest absolute Gasteiger partial charge is 0.378 e. The van der Waals surface area contributed by atoms with Gasteiger partial charge in [0.1, 0.15) is 5.82 Å². The van der Waals surface area contributed by atoms with Crippen LogP contribution in [0.3, 0.4) is 0 Å². The highest BCUT2D eigenvalue weighted by atomic mass is 35.5. The van der Waals surface area contributed by atoms with Crippen LogP contribution < -0.4 is 10.5 Å². The van der Waals surface area contributed by atoms with Gasteiger partial charge in [-0.05, 0) is 23.8 Å². The maximum atomic E-state index is 12.5. The maximum Gasteiger partial charge on any atom is 0.258 e. The molecule has 1 aliphatic heterocycles. The van der Waals surface area contributed by atoms with Crippen LogP contribution in [0.25, 0.3) is 10.9 Å². The molecule has 0 unspecified atom stereocenters. The molecular weight excluding hydrogens is 448 g/mol. The van der Waals surface area contributed by atoms with Gasteiger partial charge in [-0.3, -0.25) is 9.36 Å². The van der Waals surface area contributed by atoms with Crippen LogP contribution in [0.2, 0.25) is 5.02 Å². The second-order valence-corrected chi connectivity index (χ2v) is 8.80. The quantitative estimate of drug-likeness (QED) is 0.434. The molecule has 0 radical (unpaired) electrons. The average molecular weight is 469 g/mol. The van der Waals surface area contributed by atoms with Crippen molar-refractivity contribution in [3.8, 4) is 0 Å².